The summed E-state index contributed by atoms with van der Waals surface area (Å²) in [6, 6.07) is 4.75. The third kappa shape index (κ3) is 3.15. The maximum atomic E-state index is 12.2. The quantitative estimate of drug-likeness (QED) is 0.880. The Hall–Kier alpha value is -1.92. The monoisotopic (exact) mass is 310 g/mol. The summed E-state index contributed by atoms with van der Waals surface area (Å²) < 4.78 is 5.11. The summed E-state index contributed by atoms with van der Waals surface area (Å²) in [5.74, 6) is -0.133. The molecular weight excluding hydrogens is 300 g/mol. The molecule has 0 unspecified atom stereocenters. The molecule has 1 aromatic carbocycles. The number of carbonyl (C=O) groups excluding carboxylic acids is 2. The zero-order chi connectivity index (χ0) is 14.7. The number of thiazole rings is 1. The maximum absolute atomic E-state index is 12.2. The molecule has 7 heteroatoms. The maximum Gasteiger partial charge on any atom is 0.261 e. The number of hydrogen-bond donors (Lipinski definition) is 1. The minimum Gasteiger partial charge on any atom is -0.496 e. The van der Waals surface area contributed by atoms with E-state index in [9.17, 15) is 9.59 Å². The van der Waals surface area contributed by atoms with Gasteiger partial charge in [0.2, 0.25) is 0 Å². The molecule has 20 heavy (non-hydrogen) atoms. The highest BCUT2D eigenvalue weighted by Crippen LogP contribution is 2.24. The van der Waals surface area contributed by atoms with Gasteiger partial charge in [0.05, 0.1) is 12.7 Å². The third-order valence-electron chi connectivity index (χ3n) is 2.49. The standard InChI is InChI=1S/C13H11ClN2O3S/c1-7(17)10-6-20-13(15-10)16-12(18)9-5-8(14)3-4-11(9)19-2/h3-6H,1-2H3,(H,15,16,18). The molecule has 0 aliphatic heterocycles. The number of benzene rings is 1. The van der Waals surface area contributed by atoms with Gasteiger partial charge in [-0.2, -0.15) is 0 Å². The van der Waals surface area contributed by atoms with Gasteiger partial charge in [-0.1, -0.05) is 11.6 Å². The van der Waals surface area contributed by atoms with Gasteiger partial charge in [-0.3, -0.25) is 14.9 Å². The Balaban J connectivity index is 2.23. The van der Waals surface area contributed by atoms with Gasteiger partial charge in [0.1, 0.15) is 11.4 Å². The first-order valence-electron chi connectivity index (χ1n) is 5.62. The number of Topliss-reactive ketones (excluding diaryl/α,β-unsaturated/α-hetero) is 1. The van der Waals surface area contributed by atoms with Crippen molar-refractivity contribution in [3.8, 4) is 5.75 Å². The van der Waals surface area contributed by atoms with E-state index < -0.39 is 5.91 Å². The van der Waals surface area contributed by atoms with Crippen LogP contribution in [0.1, 0.15) is 27.8 Å². The molecule has 1 amide bonds. The van der Waals surface area contributed by atoms with E-state index in [0.717, 1.165) is 0 Å². The summed E-state index contributed by atoms with van der Waals surface area (Å²) in [6.45, 7) is 1.42. The van der Waals surface area contributed by atoms with Gasteiger partial charge in [-0.05, 0) is 18.2 Å². The zero-order valence-electron chi connectivity index (χ0n) is 10.8. The Bertz CT molecular complexity index is 669. The summed E-state index contributed by atoms with van der Waals surface area (Å²) >= 11 is 7.05. The van der Waals surface area contributed by atoms with Crippen LogP contribution in [0.25, 0.3) is 0 Å². The van der Waals surface area contributed by atoms with Crippen LogP contribution in [-0.4, -0.2) is 23.8 Å². The van der Waals surface area contributed by atoms with E-state index in [0.29, 0.717) is 27.2 Å². The van der Waals surface area contributed by atoms with Crippen molar-refractivity contribution in [2.45, 2.75) is 6.92 Å². The smallest absolute Gasteiger partial charge is 0.261 e. The summed E-state index contributed by atoms with van der Waals surface area (Å²) in [6.07, 6.45) is 0. The second kappa shape index (κ2) is 6.02. The molecule has 2 rings (SSSR count). The van der Waals surface area contributed by atoms with Gasteiger partial charge in [0.15, 0.2) is 10.9 Å². The number of halogens is 1. The van der Waals surface area contributed by atoms with Crippen LogP contribution >= 0.6 is 22.9 Å². The minimum absolute atomic E-state index is 0.151. The fourth-order valence-electron chi connectivity index (χ4n) is 1.51. The summed E-state index contributed by atoms with van der Waals surface area (Å²) in [4.78, 5) is 27.3. The Morgan fingerprint density at radius 1 is 1.40 bits per heavy atom. The largest absolute Gasteiger partial charge is 0.496 e. The number of ketones is 1. The fraction of sp³-hybridized carbons (Fsp3) is 0.154. The van der Waals surface area contributed by atoms with Crippen LogP contribution in [0.5, 0.6) is 5.75 Å². The Labute approximate surface area is 124 Å². The molecule has 1 heterocycles. The summed E-state index contributed by atoms with van der Waals surface area (Å²) in [5.41, 5.74) is 0.628. The first-order valence-corrected chi connectivity index (χ1v) is 6.88. The van der Waals surface area contributed by atoms with Crippen molar-refractivity contribution < 1.29 is 14.3 Å². The van der Waals surface area contributed by atoms with Gasteiger partial charge in [-0.15, -0.1) is 11.3 Å². The fourth-order valence-corrected chi connectivity index (χ4v) is 2.43. The molecule has 1 N–H and O–H groups in total. The average Bonchev–Trinajstić information content (AvgIpc) is 2.87. The molecule has 5 nitrogen and oxygen atoms in total. The van der Waals surface area contributed by atoms with Crippen LogP contribution in [0.4, 0.5) is 5.13 Å². The molecule has 1 aromatic heterocycles. The van der Waals surface area contributed by atoms with Gasteiger partial charge in [0, 0.05) is 17.3 Å². The van der Waals surface area contributed by atoms with Gasteiger partial charge in [0.25, 0.3) is 5.91 Å². The predicted molar refractivity (Wildman–Crippen MR) is 78.1 cm³/mol. The topological polar surface area (TPSA) is 68.3 Å². The number of carbonyl (C=O) groups is 2. The summed E-state index contributed by atoms with van der Waals surface area (Å²) in [7, 11) is 1.47. The van der Waals surface area contributed by atoms with Crippen LogP contribution < -0.4 is 10.1 Å². The molecule has 0 aliphatic rings. The van der Waals surface area contributed by atoms with E-state index in [1.54, 1.807) is 17.5 Å². The van der Waals surface area contributed by atoms with Gasteiger partial charge in [-0.25, -0.2) is 4.98 Å². The van der Waals surface area contributed by atoms with Crippen molar-refractivity contribution in [3.05, 3.63) is 39.9 Å². The molecule has 0 bridgehead atoms. The molecule has 0 fully saturated rings. The molecule has 0 spiro atoms. The van der Waals surface area contributed by atoms with E-state index in [2.05, 4.69) is 10.3 Å². The highest BCUT2D eigenvalue weighted by Gasteiger charge is 2.15. The molecule has 0 saturated heterocycles. The van der Waals surface area contributed by atoms with Crippen LogP contribution in [0, 0.1) is 0 Å². The minimum atomic E-state index is -0.395. The normalized spacial score (nSPS) is 10.2. The van der Waals surface area contributed by atoms with Crippen molar-refractivity contribution in [1.82, 2.24) is 4.98 Å². The van der Waals surface area contributed by atoms with Crippen molar-refractivity contribution in [1.29, 1.82) is 0 Å². The molecule has 2 aromatic rings. The van der Waals surface area contributed by atoms with Crippen molar-refractivity contribution >= 4 is 39.8 Å². The van der Waals surface area contributed by atoms with Crippen LogP contribution in [0.15, 0.2) is 23.6 Å². The lowest BCUT2D eigenvalue weighted by Gasteiger charge is -2.08. The Morgan fingerprint density at radius 2 is 2.15 bits per heavy atom. The number of ether oxygens (including phenoxy) is 1. The second-order valence-corrected chi connectivity index (χ2v) is 5.19. The Kier molecular flexibility index (Phi) is 4.36. The van der Waals surface area contributed by atoms with E-state index in [4.69, 9.17) is 16.3 Å². The van der Waals surface area contributed by atoms with Gasteiger partial charge < -0.3 is 4.74 Å². The molecular formula is C13H11ClN2O3S. The van der Waals surface area contributed by atoms with Crippen molar-refractivity contribution in [3.63, 3.8) is 0 Å². The predicted octanol–water partition coefficient (Wildman–Crippen LogP) is 3.26. The average molecular weight is 311 g/mol. The van der Waals surface area contributed by atoms with Gasteiger partial charge >= 0.3 is 0 Å². The van der Waals surface area contributed by atoms with Crippen LogP contribution in [0.3, 0.4) is 0 Å². The highest BCUT2D eigenvalue weighted by atomic mass is 35.5. The highest BCUT2D eigenvalue weighted by molar-refractivity contribution is 7.14. The SMILES string of the molecule is COc1ccc(Cl)cc1C(=O)Nc1nc(C(C)=O)cs1. The lowest BCUT2D eigenvalue weighted by atomic mass is 10.2. The molecule has 0 radical (unpaired) electrons. The summed E-state index contributed by atoms with van der Waals surface area (Å²) in [5, 5.41) is 4.98. The van der Waals surface area contributed by atoms with E-state index in [1.165, 1.54) is 31.4 Å². The molecule has 104 valence electrons. The first kappa shape index (κ1) is 14.5. The van der Waals surface area contributed by atoms with E-state index in [-0.39, 0.29) is 5.78 Å². The van der Waals surface area contributed by atoms with Crippen molar-refractivity contribution in [2.24, 2.45) is 0 Å². The number of methoxy groups -OCH3 is 1. The molecule has 0 aliphatic carbocycles. The van der Waals surface area contributed by atoms with E-state index in [1.807, 2.05) is 0 Å². The number of nitrogens with zero attached hydrogens (tertiary/aromatic N) is 1. The lowest BCUT2D eigenvalue weighted by Crippen LogP contribution is -2.13. The third-order valence-corrected chi connectivity index (χ3v) is 3.48. The number of nitrogens with one attached hydrogen (secondary N) is 1. The second-order valence-electron chi connectivity index (χ2n) is 3.89. The zero-order valence-corrected chi connectivity index (χ0v) is 12.3. The lowest BCUT2D eigenvalue weighted by molar-refractivity contribution is 0.100. The Morgan fingerprint density at radius 3 is 2.75 bits per heavy atom. The first-order chi connectivity index (χ1) is 9.51. The van der Waals surface area contributed by atoms with E-state index >= 15 is 0 Å². The van der Waals surface area contributed by atoms with Crippen LogP contribution in [0.2, 0.25) is 5.02 Å². The van der Waals surface area contributed by atoms with Crippen molar-refractivity contribution in [2.75, 3.05) is 12.4 Å². The number of anilines is 1. The number of amides is 1. The number of rotatable bonds is 4. The van der Waals surface area contributed by atoms with Crippen LogP contribution in [-0.2, 0) is 0 Å². The number of hydrogen-bond acceptors (Lipinski definition) is 5. The molecule has 0 saturated carbocycles. The molecule has 0 atom stereocenters. The number of aromatic nitrogens is 1.